The molecule has 0 radical (unpaired) electrons. The van der Waals surface area contributed by atoms with E-state index in [1.54, 1.807) is 41.9 Å². The smallest absolute Gasteiger partial charge is 0.262 e. The molecule has 0 amide bonds. The number of nitrogens with zero attached hydrogens (tertiary/aromatic N) is 4. The normalized spacial score (nSPS) is 11.3. The van der Waals surface area contributed by atoms with E-state index in [0.29, 0.717) is 28.6 Å². The van der Waals surface area contributed by atoms with Gasteiger partial charge in [-0.15, -0.1) is 10.2 Å². The number of anilines is 3. The van der Waals surface area contributed by atoms with Crippen molar-refractivity contribution in [2.45, 2.75) is 32.6 Å². The van der Waals surface area contributed by atoms with Crippen molar-refractivity contribution < 1.29 is 13.2 Å². The van der Waals surface area contributed by atoms with Gasteiger partial charge in [0.1, 0.15) is 5.75 Å². The second-order valence-corrected chi connectivity index (χ2v) is 9.66. The van der Waals surface area contributed by atoms with E-state index in [1.807, 2.05) is 39.0 Å². The van der Waals surface area contributed by atoms with E-state index in [0.717, 1.165) is 22.6 Å². The van der Waals surface area contributed by atoms with Crippen molar-refractivity contribution in [1.29, 1.82) is 0 Å². The zero-order valence-corrected chi connectivity index (χ0v) is 20.4. The Labute approximate surface area is 198 Å². The van der Waals surface area contributed by atoms with Gasteiger partial charge in [0.25, 0.3) is 10.0 Å². The molecular weight excluding hydrogens is 452 g/mol. The molecule has 2 aromatic carbocycles. The zero-order chi connectivity index (χ0) is 24.5. The van der Waals surface area contributed by atoms with Crippen LogP contribution >= 0.6 is 0 Å². The minimum atomic E-state index is -3.78. The van der Waals surface area contributed by atoms with Crippen LogP contribution < -0.4 is 14.8 Å². The predicted octanol–water partition coefficient (Wildman–Crippen LogP) is 4.45. The van der Waals surface area contributed by atoms with E-state index in [1.165, 1.54) is 13.2 Å². The van der Waals surface area contributed by atoms with Gasteiger partial charge in [0.2, 0.25) is 0 Å². The van der Waals surface area contributed by atoms with Gasteiger partial charge in [-0.05, 0) is 81.3 Å². The zero-order valence-electron chi connectivity index (χ0n) is 19.6. The van der Waals surface area contributed by atoms with Gasteiger partial charge < -0.3 is 10.1 Å². The molecule has 34 heavy (non-hydrogen) atoms. The van der Waals surface area contributed by atoms with E-state index in [4.69, 9.17) is 4.74 Å². The number of methoxy groups -OCH3 is 1. The van der Waals surface area contributed by atoms with Crippen LogP contribution in [0.3, 0.4) is 0 Å². The number of rotatable bonds is 7. The van der Waals surface area contributed by atoms with Crippen LogP contribution in [0.5, 0.6) is 5.75 Å². The summed E-state index contributed by atoms with van der Waals surface area (Å²) in [6, 6.07) is 15.8. The fourth-order valence-corrected chi connectivity index (χ4v) is 4.97. The van der Waals surface area contributed by atoms with Crippen molar-refractivity contribution >= 4 is 27.2 Å². The molecule has 9 nitrogen and oxygen atoms in total. The quantitative estimate of drug-likeness (QED) is 0.404. The van der Waals surface area contributed by atoms with Crippen molar-refractivity contribution in [1.82, 2.24) is 20.0 Å². The summed E-state index contributed by atoms with van der Waals surface area (Å²) in [6.45, 7) is 7.52. The van der Waals surface area contributed by atoms with Crippen molar-refractivity contribution in [2.24, 2.45) is 0 Å². The summed E-state index contributed by atoms with van der Waals surface area (Å²) in [5.41, 5.74) is 4.59. The summed E-state index contributed by atoms with van der Waals surface area (Å²) >= 11 is 0. The number of ether oxygens (including phenoxy) is 1. The Morgan fingerprint density at radius 3 is 2.15 bits per heavy atom. The lowest BCUT2D eigenvalue weighted by Crippen LogP contribution is -2.14. The highest BCUT2D eigenvalue weighted by Gasteiger charge is 2.19. The largest absolute Gasteiger partial charge is 0.496 e. The second kappa shape index (κ2) is 9.14. The first kappa shape index (κ1) is 23.2. The summed E-state index contributed by atoms with van der Waals surface area (Å²) in [4.78, 5) is 0.176. The van der Waals surface area contributed by atoms with Gasteiger partial charge in [-0.2, -0.15) is 5.10 Å². The van der Waals surface area contributed by atoms with Crippen LogP contribution in [0.1, 0.15) is 22.5 Å². The molecule has 0 spiro atoms. The first-order valence-corrected chi connectivity index (χ1v) is 12.1. The van der Waals surface area contributed by atoms with Gasteiger partial charge in [0, 0.05) is 23.1 Å². The Balaban J connectivity index is 1.47. The standard InChI is InChI=1S/C24H26N6O3S/c1-15-12-16(2)22(14-21(15)33-5)34(31,32)29-20-8-6-19(7-9-20)25-23-10-11-24(27-26-23)30-18(4)13-17(3)28-30/h6-14,29H,1-5H3,(H,25,26). The van der Waals surface area contributed by atoms with Crippen LogP contribution in [0.25, 0.3) is 5.82 Å². The van der Waals surface area contributed by atoms with Crippen LogP contribution in [-0.2, 0) is 10.0 Å². The van der Waals surface area contributed by atoms with Crippen LogP contribution in [-0.4, -0.2) is 35.5 Å². The SMILES string of the molecule is COc1cc(S(=O)(=O)Nc2ccc(Nc3ccc(-n4nc(C)cc4C)nn3)cc2)c(C)cc1C. The van der Waals surface area contributed by atoms with E-state index in [-0.39, 0.29) is 4.90 Å². The Hall–Kier alpha value is -3.92. The first-order chi connectivity index (χ1) is 16.2. The lowest BCUT2D eigenvalue weighted by atomic mass is 10.1. The molecule has 2 heterocycles. The number of sulfonamides is 1. The van der Waals surface area contributed by atoms with Crippen LogP contribution in [0.15, 0.2) is 59.5 Å². The molecule has 0 saturated heterocycles. The molecule has 0 unspecified atom stereocenters. The highest BCUT2D eigenvalue weighted by molar-refractivity contribution is 7.92. The number of aromatic nitrogens is 4. The van der Waals surface area contributed by atoms with E-state index >= 15 is 0 Å². The molecule has 0 bridgehead atoms. The topological polar surface area (TPSA) is 111 Å². The van der Waals surface area contributed by atoms with Gasteiger partial charge in [0.15, 0.2) is 11.6 Å². The highest BCUT2D eigenvalue weighted by Crippen LogP contribution is 2.28. The molecule has 0 aliphatic rings. The first-order valence-electron chi connectivity index (χ1n) is 10.6. The number of nitrogens with one attached hydrogen (secondary N) is 2. The molecule has 176 valence electrons. The van der Waals surface area contributed by atoms with E-state index in [9.17, 15) is 8.42 Å². The Morgan fingerprint density at radius 1 is 0.853 bits per heavy atom. The minimum absolute atomic E-state index is 0.176. The molecule has 0 atom stereocenters. The van der Waals surface area contributed by atoms with Crippen molar-refractivity contribution in [3.05, 3.63) is 77.1 Å². The fraction of sp³-hybridized carbons (Fsp3) is 0.208. The third-order valence-electron chi connectivity index (χ3n) is 5.27. The average Bonchev–Trinajstić information content (AvgIpc) is 3.13. The van der Waals surface area contributed by atoms with Gasteiger partial charge in [-0.3, -0.25) is 4.72 Å². The molecule has 10 heteroatoms. The van der Waals surface area contributed by atoms with Crippen LogP contribution in [0.4, 0.5) is 17.2 Å². The summed E-state index contributed by atoms with van der Waals surface area (Å²) in [6.07, 6.45) is 0. The second-order valence-electron chi connectivity index (χ2n) is 8.01. The number of aryl methyl sites for hydroxylation is 4. The molecule has 0 aliphatic carbocycles. The number of benzene rings is 2. The Kier molecular flexibility index (Phi) is 6.25. The van der Waals surface area contributed by atoms with Gasteiger partial charge >= 0.3 is 0 Å². The molecule has 2 N–H and O–H groups in total. The summed E-state index contributed by atoms with van der Waals surface area (Å²) < 4.78 is 35.5. The average molecular weight is 479 g/mol. The van der Waals surface area contributed by atoms with E-state index in [2.05, 4.69) is 25.3 Å². The summed E-state index contributed by atoms with van der Waals surface area (Å²) in [5.74, 6) is 1.71. The molecule has 0 fully saturated rings. The van der Waals surface area contributed by atoms with Crippen molar-refractivity contribution in [2.75, 3.05) is 17.1 Å². The lowest BCUT2D eigenvalue weighted by molar-refractivity contribution is 0.410. The Bertz CT molecular complexity index is 1430. The highest BCUT2D eigenvalue weighted by atomic mass is 32.2. The fourth-order valence-electron chi connectivity index (χ4n) is 3.67. The molecule has 2 aromatic heterocycles. The number of hydrogen-bond donors (Lipinski definition) is 2. The summed E-state index contributed by atoms with van der Waals surface area (Å²) in [5, 5.41) is 16.0. The summed E-state index contributed by atoms with van der Waals surface area (Å²) in [7, 11) is -2.26. The van der Waals surface area contributed by atoms with Gasteiger partial charge in [-0.1, -0.05) is 6.07 Å². The number of hydrogen-bond acceptors (Lipinski definition) is 7. The molecule has 0 saturated carbocycles. The maximum Gasteiger partial charge on any atom is 0.262 e. The van der Waals surface area contributed by atoms with Crippen LogP contribution in [0.2, 0.25) is 0 Å². The Morgan fingerprint density at radius 2 is 1.56 bits per heavy atom. The third-order valence-corrected chi connectivity index (χ3v) is 6.79. The van der Waals surface area contributed by atoms with Crippen LogP contribution in [0, 0.1) is 27.7 Å². The molecule has 4 rings (SSSR count). The maximum atomic E-state index is 12.9. The third kappa shape index (κ3) is 4.86. The predicted molar refractivity (Wildman–Crippen MR) is 132 cm³/mol. The molecular formula is C24H26N6O3S. The lowest BCUT2D eigenvalue weighted by Gasteiger charge is -2.14. The monoisotopic (exact) mass is 478 g/mol. The van der Waals surface area contributed by atoms with Crippen molar-refractivity contribution in [3.63, 3.8) is 0 Å². The minimum Gasteiger partial charge on any atom is -0.496 e. The maximum absolute atomic E-state index is 12.9. The van der Waals surface area contributed by atoms with Gasteiger partial charge in [-0.25, -0.2) is 13.1 Å². The van der Waals surface area contributed by atoms with E-state index < -0.39 is 10.0 Å². The van der Waals surface area contributed by atoms with Crippen molar-refractivity contribution in [3.8, 4) is 11.6 Å². The van der Waals surface area contributed by atoms with Gasteiger partial charge in [0.05, 0.1) is 17.7 Å². The molecule has 4 aromatic rings. The molecule has 0 aliphatic heterocycles.